The summed E-state index contributed by atoms with van der Waals surface area (Å²) in [4.78, 5) is 34.4. The molecule has 0 aliphatic rings. The van der Waals surface area contributed by atoms with Crippen molar-refractivity contribution in [2.24, 2.45) is 5.92 Å². The fourth-order valence-electron chi connectivity index (χ4n) is 1.86. The average molecular weight is 295 g/mol. The van der Waals surface area contributed by atoms with Gasteiger partial charge in [0, 0.05) is 32.3 Å². The van der Waals surface area contributed by atoms with Crippen LogP contribution in [0.15, 0.2) is 18.2 Å². The molecule has 1 rings (SSSR count). The van der Waals surface area contributed by atoms with Gasteiger partial charge in [0.05, 0.1) is 10.8 Å². The van der Waals surface area contributed by atoms with Crippen molar-refractivity contribution in [1.29, 1.82) is 0 Å². The molecule has 0 aliphatic carbocycles. The lowest BCUT2D eigenvalue weighted by Crippen LogP contribution is -2.29. The zero-order valence-corrected chi connectivity index (χ0v) is 12.0. The van der Waals surface area contributed by atoms with Crippen molar-refractivity contribution in [2.45, 2.75) is 6.92 Å². The quantitative estimate of drug-likeness (QED) is 0.600. The Hall–Kier alpha value is -2.64. The summed E-state index contributed by atoms with van der Waals surface area (Å²) in [7, 11) is 3.01. The van der Waals surface area contributed by atoms with E-state index < -0.39 is 16.8 Å². The second kappa shape index (κ2) is 6.69. The van der Waals surface area contributed by atoms with E-state index in [1.54, 1.807) is 7.05 Å². The SMILES string of the molecule is CNC(=O)c1ccc([N+](=O)[O-])c(N(C)CC(C)C(=O)O)c1. The van der Waals surface area contributed by atoms with Gasteiger partial charge in [0.2, 0.25) is 0 Å². The first-order valence-electron chi connectivity index (χ1n) is 6.22. The summed E-state index contributed by atoms with van der Waals surface area (Å²) in [5.74, 6) is -2.06. The first kappa shape index (κ1) is 16.4. The number of nitrogens with one attached hydrogen (secondary N) is 1. The largest absolute Gasteiger partial charge is 0.481 e. The maximum atomic E-state index is 11.6. The van der Waals surface area contributed by atoms with Crippen molar-refractivity contribution in [3.05, 3.63) is 33.9 Å². The van der Waals surface area contributed by atoms with Gasteiger partial charge >= 0.3 is 5.97 Å². The molecule has 1 aromatic rings. The van der Waals surface area contributed by atoms with E-state index in [1.807, 2.05) is 0 Å². The van der Waals surface area contributed by atoms with Crippen LogP contribution < -0.4 is 10.2 Å². The molecule has 8 nitrogen and oxygen atoms in total. The highest BCUT2D eigenvalue weighted by molar-refractivity contribution is 5.95. The minimum Gasteiger partial charge on any atom is -0.481 e. The van der Waals surface area contributed by atoms with Gasteiger partial charge in [-0.1, -0.05) is 6.92 Å². The van der Waals surface area contributed by atoms with E-state index in [0.717, 1.165) is 0 Å². The molecule has 1 unspecified atom stereocenters. The number of nitro benzene ring substituents is 1. The van der Waals surface area contributed by atoms with E-state index in [1.165, 1.54) is 37.1 Å². The van der Waals surface area contributed by atoms with Crippen molar-refractivity contribution >= 4 is 23.3 Å². The lowest BCUT2D eigenvalue weighted by molar-refractivity contribution is -0.384. The third-order valence-corrected chi connectivity index (χ3v) is 3.04. The van der Waals surface area contributed by atoms with Crippen molar-refractivity contribution in [2.75, 3.05) is 25.5 Å². The number of hydrogen-bond acceptors (Lipinski definition) is 5. The Morgan fingerprint density at radius 1 is 1.48 bits per heavy atom. The van der Waals surface area contributed by atoms with Crippen molar-refractivity contribution < 1.29 is 19.6 Å². The van der Waals surface area contributed by atoms with Crippen LogP contribution in [-0.2, 0) is 4.79 Å². The number of carboxylic acids is 1. The topological polar surface area (TPSA) is 113 Å². The smallest absolute Gasteiger partial charge is 0.308 e. The molecule has 2 N–H and O–H groups in total. The van der Waals surface area contributed by atoms with E-state index >= 15 is 0 Å². The molecular formula is C13H17N3O5. The highest BCUT2D eigenvalue weighted by Gasteiger charge is 2.22. The fourth-order valence-corrected chi connectivity index (χ4v) is 1.86. The van der Waals surface area contributed by atoms with Crippen LogP contribution in [0.3, 0.4) is 0 Å². The second-order valence-electron chi connectivity index (χ2n) is 4.66. The van der Waals surface area contributed by atoms with E-state index in [4.69, 9.17) is 5.11 Å². The van der Waals surface area contributed by atoms with Crippen LogP contribution >= 0.6 is 0 Å². The number of aliphatic carboxylic acids is 1. The molecule has 0 fully saturated rings. The van der Waals surface area contributed by atoms with Crippen molar-refractivity contribution in [3.63, 3.8) is 0 Å². The lowest BCUT2D eigenvalue weighted by Gasteiger charge is -2.21. The van der Waals surface area contributed by atoms with E-state index in [-0.39, 0.29) is 29.4 Å². The van der Waals surface area contributed by atoms with Crippen LogP contribution in [0.4, 0.5) is 11.4 Å². The van der Waals surface area contributed by atoms with Crippen LogP contribution in [0.5, 0.6) is 0 Å². The molecule has 0 aliphatic heterocycles. The predicted octanol–water partition coefficient (Wildman–Crippen LogP) is 1.11. The van der Waals surface area contributed by atoms with Crippen LogP contribution in [0.1, 0.15) is 17.3 Å². The Kier molecular flexibility index (Phi) is 5.23. The Bertz CT molecular complexity index is 573. The average Bonchev–Trinajstić information content (AvgIpc) is 2.45. The van der Waals surface area contributed by atoms with Gasteiger partial charge in [0.25, 0.3) is 11.6 Å². The number of anilines is 1. The number of amides is 1. The predicted molar refractivity (Wildman–Crippen MR) is 76.6 cm³/mol. The summed E-state index contributed by atoms with van der Waals surface area (Å²) < 4.78 is 0. The molecule has 1 aromatic carbocycles. The van der Waals surface area contributed by atoms with E-state index in [0.29, 0.717) is 0 Å². The van der Waals surface area contributed by atoms with E-state index in [9.17, 15) is 19.7 Å². The first-order chi connectivity index (χ1) is 9.77. The standard InChI is InChI=1S/C13H17N3O5/c1-8(13(18)19)7-15(3)11-6-9(12(17)14-2)4-5-10(11)16(20)21/h4-6,8H,7H2,1-3H3,(H,14,17)(H,18,19). The van der Waals surface area contributed by atoms with Gasteiger partial charge in [-0.25, -0.2) is 0 Å². The Labute approximate surface area is 121 Å². The second-order valence-corrected chi connectivity index (χ2v) is 4.66. The highest BCUT2D eigenvalue weighted by atomic mass is 16.6. The summed E-state index contributed by atoms with van der Waals surface area (Å²) >= 11 is 0. The van der Waals surface area contributed by atoms with Crippen molar-refractivity contribution in [1.82, 2.24) is 5.32 Å². The van der Waals surface area contributed by atoms with Gasteiger partial charge in [0.15, 0.2) is 0 Å². The van der Waals surface area contributed by atoms with Gasteiger partial charge in [-0.05, 0) is 12.1 Å². The minimum absolute atomic E-state index is 0.0906. The van der Waals surface area contributed by atoms with Crippen LogP contribution in [-0.4, -0.2) is 42.5 Å². The molecule has 0 aromatic heterocycles. The van der Waals surface area contributed by atoms with Gasteiger partial charge < -0.3 is 15.3 Å². The Morgan fingerprint density at radius 3 is 2.57 bits per heavy atom. The first-order valence-corrected chi connectivity index (χ1v) is 6.22. The number of nitro groups is 1. The number of hydrogen-bond donors (Lipinski definition) is 2. The van der Waals surface area contributed by atoms with Gasteiger partial charge in [0.1, 0.15) is 5.69 Å². The maximum Gasteiger partial charge on any atom is 0.308 e. The number of benzene rings is 1. The van der Waals surface area contributed by atoms with Gasteiger partial charge in [-0.2, -0.15) is 0 Å². The Morgan fingerprint density at radius 2 is 2.10 bits per heavy atom. The molecule has 0 saturated heterocycles. The number of rotatable bonds is 6. The number of carbonyl (C=O) groups is 2. The monoisotopic (exact) mass is 295 g/mol. The summed E-state index contributed by atoms with van der Waals surface area (Å²) in [6, 6.07) is 3.97. The Balaban J connectivity index is 3.19. The summed E-state index contributed by atoms with van der Waals surface area (Å²) in [5.41, 5.74) is 0.296. The van der Waals surface area contributed by atoms with Crippen molar-refractivity contribution in [3.8, 4) is 0 Å². The molecule has 1 atom stereocenters. The third-order valence-electron chi connectivity index (χ3n) is 3.04. The minimum atomic E-state index is -0.994. The molecule has 0 saturated carbocycles. The van der Waals surface area contributed by atoms with Crippen LogP contribution in [0.25, 0.3) is 0 Å². The number of carboxylic acid groups (broad SMARTS) is 1. The molecular weight excluding hydrogens is 278 g/mol. The molecule has 0 spiro atoms. The lowest BCUT2D eigenvalue weighted by atomic mass is 10.1. The molecule has 21 heavy (non-hydrogen) atoms. The molecule has 1 amide bonds. The summed E-state index contributed by atoms with van der Waals surface area (Å²) in [6.07, 6.45) is 0. The summed E-state index contributed by atoms with van der Waals surface area (Å²) in [5, 5.41) is 22.4. The highest BCUT2D eigenvalue weighted by Crippen LogP contribution is 2.29. The van der Waals surface area contributed by atoms with Gasteiger partial charge in [-0.3, -0.25) is 19.7 Å². The molecule has 8 heteroatoms. The van der Waals surface area contributed by atoms with Gasteiger partial charge in [-0.15, -0.1) is 0 Å². The zero-order chi connectivity index (χ0) is 16.2. The number of nitrogens with zero attached hydrogens (tertiary/aromatic N) is 2. The maximum absolute atomic E-state index is 11.6. The van der Waals surface area contributed by atoms with Crippen LogP contribution in [0, 0.1) is 16.0 Å². The molecule has 0 radical (unpaired) electrons. The third kappa shape index (κ3) is 3.91. The van der Waals surface area contributed by atoms with E-state index in [2.05, 4.69) is 5.32 Å². The summed E-state index contributed by atoms with van der Waals surface area (Å²) in [6.45, 7) is 1.60. The molecule has 0 bridgehead atoms. The molecule has 0 heterocycles. The molecule has 114 valence electrons. The number of carbonyl (C=O) groups excluding carboxylic acids is 1. The van der Waals surface area contributed by atoms with Crippen LogP contribution in [0.2, 0.25) is 0 Å². The normalized spacial score (nSPS) is 11.6. The fraction of sp³-hybridized carbons (Fsp3) is 0.385. The zero-order valence-electron chi connectivity index (χ0n) is 12.0.